The molecule has 1 amide bonds. The minimum atomic E-state index is -0.0566. The van der Waals surface area contributed by atoms with Crippen LogP contribution in [0.3, 0.4) is 0 Å². The number of rotatable bonds is 3. The van der Waals surface area contributed by atoms with Crippen LogP contribution in [0.4, 0.5) is 0 Å². The molecule has 0 aromatic carbocycles. The van der Waals surface area contributed by atoms with Gasteiger partial charge in [-0.25, -0.2) is 4.98 Å². The highest BCUT2D eigenvalue weighted by Gasteiger charge is 2.29. The van der Waals surface area contributed by atoms with E-state index in [0.29, 0.717) is 28.2 Å². The van der Waals surface area contributed by atoms with Gasteiger partial charge in [-0.3, -0.25) is 4.79 Å². The van der Waals surface area contributed by atoms with Crippen LogP contribution in [0, 0.1) is 11.8 Å². The van der Waals surface area contributed by atoms with E-state index in [-0.39, 0.29) is 5.91 Å². The highest BCUT2D eigenvalue weighted by molar-refractivity contribution is 9.10. The van der Waals surface area contributed by atoms with Crippen molar-refractivity contribution in [3.8, 4) is 0 Å². The molecule has 0 spiro atoms. The molecule has 0 aliphatic heterocycles. The Bertz CT molecular complexity index is 448. The van der Waals surface area contributed by atoms with Crippen LogP contribution in [0.2, 0.25) is 0 Å². The SMILES string of the molecule is CC(C)C1CCCCC1NC(=O)c1cccc(Br)n1. The monoisotopic (exact) mass is 324 g/mol. The number of hydrogen-bond acceptors (Lipinski definition) is 2. The highest BCUT2D eigenvalue weighted by atomic mass is 79.9. The van der Waals surface area contributed by atoms with Gasteiger partial charge in [-0.15, -0.1) is 0 Å². The molecular formula is C15H21BrN2O. The molecule has 0 saturated heterocycles. The van der Waals surface area contributed by atoms with Crippen LogP contribution < -0.4 is 5.32 Å². The van der Waals surface area contributed by atoms with Crippen molar-refractivity contribution in [1.29, 1.82) is 0 Å². The fraction of sp³-hybridized carbons (Fsp3) is 0.600. The van der Waals surface area contributed by atoms with Crippen LogP contribution in [0.5, 0.6) is 0 Å². The number of pyridine rings is 1. The van der Waals surface area contributed by atoms with Crippen molar-refractivity contribution in [2.75, 3.05) is 0 Å². The van der Waals surface area contributed by atoms with Gasteiger partial charge in [0, 0.05) is 6.04 Å². The first-order valence-corrected chi connectivity index (χ1v) is 7.80. The lowest BCUT2D eigenvalue weighted by molar-refractivity contribution is 0.0884. The average Bonchev–Trinajstić information content (AvgIpc) is 2.39. The molecule has 1 saturated carbocycles. The van der Waals surface area contributed by atoms with Crippen LogP contribution in [0.25, 0.3) is 0 Å². The molecular weight excluding hydrogens is 304 g/mol. The number of nitrogens with one attached hydrogen (secondary N) is 1. The summed E-state index contributed by atoms with van der Waals surface area (Å²) in [7, 11) is 0. The van der Waals surface area contributed by atoms with Crippen LogP contribution in [0.15, 0.2) is 22.8 Å². The fourth-order valence-electron chi connectivity index (χ4n) is 2.91. The van der Waals surface area contributed by atoms with Gasteiger partial charge in [-0.2, -0.15) is 0 Å². The first-order chi connectivity index (χ1) is 9.08. The van der Waals surface area contributed by atoms with Crippen LogP contribution in [-0.2, 0) is 0 Å². The number of amides is 1. The third-order valence-electron chi connectivity index (χ3n) is 3.94. The molecule has 2 unspecified atom stereocenters. The third-order valence-corrected chi connectivity index (χ3v) is 4.38. The maximum absolute atomic E-state index is 12.2. The molecule has 2 atom stereocenters. The summed E-state index contributed by atoms with van der Waals surface area (Å²) in [6.45, 7) is 4.49. The summed E-state index contributed by atoms with van der Waals surface area (Å²) in [4.78, 5) is 16.5. The molecule has 1 heterocycles. The topological polar surface area (TPSA) is 42.0 Å². The number of nitrogens with zero attached hydrogens (tertiary/aromatic N) is 1. The number of hydrogen-bond donors (Lipinski definition) is 1. The van der Waals surface area contributed by atoms with Crippen molar-refractivity contribution >= 4 is 21.8 Å². The molecule has 1 aromatic heterocycles. The first-order valence-electron chi connectivity index (χ1n) is 7.01. The lowest BCUT2D eigenvalue weighted by Gasteiger charge is -2.34. The van der Waals surface area contributed by atoms with Gasteiger partial charge in [0.05, 0.1) is 0 Å². The van der Waals surface area contributed by atoms with Gasteiger partial charge < -0.3 is 5.32 Å². The number of aromatic nitrogens is 1. The number of halogens is 1. The molecule has 1 aromatic rings. The zero-order valence-corrected chi connectivity index (χ0v) is 13.1. The Morgan fingerprint density at radius 1 is 1.37 bits per heavy atom. The minimum absolute atomic E-state index is 0.0566. The summed E-state index contributed by atoms with van der Waals surface area (Å²) in [5.74, 6) is 1.14. The number of carbonyl (C=O) groups excluding carboxylic acids is 1. The molecule has 4 heteroatoms. The summed E-state index contributed by atoms with van der Waals surface area (Å²) >= 11 is 3.30. The van der Waals surface area contributed by atoms with Crippen LogP contribution in [-0.4, -0.2) is 16.9 Å². The molecule has 1 aliphatic rings. The summed E-state index contributed by atoms with van der Waals surface area (Å²) in [5.41, 5.74) is 0.488. The van der Waals surface area contributed by atoms with Crippen molar-refractivity contribution in [2.45, 2.75) is 45.6 Å². The van der Waals surface area contributed by atoms with Crippen molar-refractivity contribution in [3.63, 3.8) is 0 Å². The van der Waals surface area contributed by atoms with E-state index < -0.39 is 0 Å². The molecule has 1 aliphatic carbocycles. The molecule has 1 N–H and O–H groups in total. The van der Waals surface area contributed by atoms with Gasteiger partial charge in [-0.05, 0) is 52.7 Å². The predicted molar refractivity (Wildman–Crippen MR) is 80.0 cm³/mol. The van der Waals surface area contributed by atoms with Crippen molar-refractivity contribution in [2.24, 2.45) is 11.8 Å². The predicted octanol–water partition coefficient (Wildman–Crippen LogP) is 3.79. The second kappa shape index (κ2) is 6.51. The normalized spacial score (nSPS) is 23.4. The smallest absolute Gasteiger partial charge is 0.270 e. The Labute approximate surface area is 123 Å². The standard InChI is InChI=1S/C15H21BrN2O/c1-10(2)11-6-3-4-7-12(11)18-15(19)13-8-5-9-14(16)17-13/h5,8-12H,3-4,6-7H2,1-2H3,(H,18,19). The van der Waals surface area contributed by atoms with Gasteiger partial charge in [0.2, 0.25) is 0 Å². The Morgan fingerprint density at radius 2 is 2.11 bits per heavy atom. The Morgan fingerprint density at radius 3 is 2.79 bits per heavy atom. The van der Waals surface area contributed by atoms with Gasteiger partial charge in [0.25, 0.3) is 5.91 Å². The summed E-state index contributed by atoms with van der Waals surface area (Å²) in [5, 5.41) is 3.17. The lowest BCUT2D eigenvalue weighted by Crippen LogP contribution is -2.44. The molecule has 0 bridgehead atoms. The maximum atomic E-state index is 12.2. The third kappa shape index (κ3) is 3.78. The molecule has 19 heavy (non-hydrogen) atoms. The summed E-state index contributed by atoms with van der Waals surface area (Å²) < 4.78 is 0.698. The van der Waals surface area contributed by atoms with Gasteiger partial charge in [0.15, 0.2) is 0 Å². The fourth-order valence-corrected chi connectivity index (χ4v) is 3.26. The summed E-state index contributed by atoms with van der Waals surface area (Å²) in [6, 6.07) is 5.72. The van der Waals surface area contributed by atoms with Gasteiger partial charge in [0.1, 0.15) is 10.3 Å². The first kappa shape index (κ1) is 14.5. The number of carbonyl (C=O) groups is 1. The maximum Gasteiger partial charge on any atom is 0.270 e. The van der Waals surface area contributed by atoms with Gasteiger partial charge >= 0.3 is 0 Å². The van der Waals surface area contributed by atoms with E-state index in [0.717, 1.165) is 6.42 Å². The quantitative estimate of drug-likeness (QED) is 0.859. The van der Waals surface area contributed by atoms with Crippen LogP contribution >= 0.6 is 15.9 Å². The Balaban J connectivity index is 2.04. The van der Waals surface area contributed by atoms with E-state index in [4.69, 9.17) is 0 Å². The highest BCUT2D eigenvalue weighted by Crippen LogP contribution is 2.30. The zero-order valence-electron chi connectivity index (χ0n) is 11.5. The van der Waals surface area contributed by atoms with Crippen molar-refractivity contribution < 1.29 is 4.79 Å². The Hall–Kier alpha value is -0.900. The van der Waals surface area contributed by atoms with E-state index >= 15 is 0 Å². The lowest BCUT2D eigenvalue weighted by atomic mass is 9.78. The molecule has 3 nitrogen and oxygen atoms in total. The van der Waals surface area contributed by atoms with E-state index in [1.807, 2.05) is 12.1 Å². The van der Waals surface area contributed by atoms with Gasteiger partial charge in [-0.1, -0.05) is 32.8 Å². The summed E-state index contributed by atoms with van der Waals surface area (Å²) in [6.07, 6.45) is 4.79. The van der Waals surface area contributed by atoms with Crippen molar-refractivity contribution in [3.05, 3.63) is 28.5 Å². The molecule has 2 rings (SSSR count). The average molecular weight is 325 g/mol. The second-order valence-corrected chi connectivity index (χ2v) is 6.43. The zero-order chi connectivity index (χ0) is 13.8. The van der Waals surface area contributed by atoms with E-state index in [1.54, 1.807) is 6.07 Å². The minimum Gasteiger partial charge on any atom is -0.348 e. The van der Waals surface area contributed by atoms with E-state index in [9.17, 15) is 4.79 Å². The largest absolute Gasteiger partial charge is 0.348 e. The molecule has 0 radical (unpaired) electrons. The Kier molecular flexibility index (Phi) is 4.97. The molecule has 104 valence electrons. The van der Waals surface area contributed by atoms with E-state index in [2.05, 4.69) is 40.1 Å². The second-order valence-electron chi connectivity index (χ2n) is 5.62. The van der Waals surface area contributed by atoms with Crippen molar-refractivity contribution in [1.82, 2.24) is 10.3 Å². The van der Waals surface area contributed by atoms with Crippen LogP contribution in [0.1, 0.15) is 50.0 Å². The van der Waals surface area contributed by atoms with E-state index in [1.165, 1.54) is 19.3 Å². The molecule has 1 fully saturated rings.